The maximum atomic E-state index is 11.4. The number of nitrogens with zero attached hydrogens (tertiary/aromatic N) is 1. The zero-order valence-corrected chi connectivity index (χ0v) is 43.2. The van der Waals surface area contributed by atoms with Crippen molar-refractivity contribution in [3.05, 3.63) is 88.0 Å². The van der Waals surface area contributed by atoms with E-state index in [0.717, 1.165) is 55.2 Å². The van der Waals surface area contributed by atoms with E-state index in [4.69, 9.17) is 0 Å². The molecule has 3 N–H and O–H groups in total. The molecule has 3 aromatic carbocycles. The van der Waals surface area contributed by atoms with Crippen LogP contribution in [0.15, 0.2) is 54.6 Å². The lowest BCUT2D eigenvalue weighted by Gasteiger charge is -2.47. The first kappa shape index (κ1) is 52.4. The standard InChI is InChI=1S/C57H93NO3/c1-37(52(4,5)6)22-28-46(40-25-31-49(59)43(34-40)55(13,14)15)58(47(29-23-38(2)53(7,8)9)41-26-32-50(60)44(35-41)56(16,17)18)48(30-24-39(3)54(10,11)12)42-27-33-51(61)45(36-42)57(19,20)21/h25-27,31-39,46-48,59-61H,22-24,28-30H2,1-21H3. The zero-order chi connectivity index (χ0) is 46.8. The van der Waals surface area contributed by atoms with E-state index >= 15 is 0 Å². The lowest BCUT2D eigenvalue weighted by molar-refractivity contribution is 0.0407. The van der Waals surface area contributed by atoms with E-state index < -0.39 is 0 Å². The van der Waals surface area contributed by atoms with Crippen LogP contribution in [0.1, 0.15) is 235 Å². The Morgan fingerprint density at radius 3 is 0.754 bits per heavy atom. The third-order valence-electron chi connectivity index (χ3n) is 14.8. The van der Waals surface area contributed by atoms with E-state index in [0.29, 0.717) is 35.0 Å². The predicted octanol–water partition coefficient (Wildman–Crippen LogP) is 16.9. The minimum absolute atomic E-state index is 0.00448. The molecular weight excluding hydrogens is 747 g/mol. The fraction of sp³-hybridized carbons (Fsp3) is 0.684. The number of hydrogen-bond donors (Lipinski definition) is 3. The van der Waals surface area contributed by atoms with Crippen LogP contribution in [0, 0.1) is 34.0 Å². The third kappa shape index (κ3) is 14.0. The first-order valence-electron chi connectivity index (χ1n) is 23.8. The minimum Gasteiger partial charge on any atom is -0.508 e. The second kappa shape index (κ2) is 19.4. The molecule has 3 aromatic rings. The molecule has 6 atom stereocenters. The van der Waals surface area contributed by atoms with Gasteiger partial charge in [0, 0.05) is 18.1 Å². The van der Waals surface area contributed by atoms with Gasteiger partial charge in [-0.15, -0.1) is 0 Å². The molecule has 6 unspecified atom stereocenters. The van der Waals surface area contributed by atoms with Gasteiger partial charge in [0.1, 0.15) is 17.2 Å². The molecule has 4 nitrogen and oxygen atoms in total. The highest BCUT2D eigenvalue weighted by Gasteiger charge is 2.39. The van der Waals surface area contributed by atoms with Crippen molar-refractivity contribution in [1.82, 2.24) is 4.90 Å². The van der Waals surface area contributed by atoms with Gasteiger partial charge in [0.05, 0.1) is 0 Å². The maximum absolute atomic E-state index is 11.4. The molecule has 3 rings (SSSR count). The fourth-order valence-corrected chi connectivity index (χ4v) is 8.72. The van der Waals surface area contributed by atoms with Gasteiger partial charge < -0.3 is 15.3 Å². The molecule has 344 valence electrons. The second-order valence-electron chi connectivity index (χ2n) is 25.6. The minimum atomic E-state index is -0.256. The first-order valence-corrected chi connectivity index (χ1v) is 23.8. The van der Waals surface area contributed by atoms with Gasteiger partial charge in [-0.05, 0) is 140 Å². The van der Waals surface area contributed by atoms with E-state index in [1.807, 2.05) is 18.2 Å². The Balaban J connectivity index is 2.65. The summed E-state index contributed by atoms with van der Waals surface area (Å²) in [5, 5.41) is 34.3. The molecule has 0 saturated carbocycles. The highest BCUT2D eigenvalue weighted by molar-refractivity contribution is 5.45. The summed E-state index contributed by atoms with van der Waals surface area (Å²) in [6, 6.07) is 19.3. The van der Waals surface area contributed by atoms with E-state index in [2.05, 4.69) is 187 Å². The fourth-order valence-electron chi connectivity index (χ4n) is 8.72. The van der Waals surface area contributed by atoms with Gasteiger partial charge in [-0.2, -0.15) is 0 Å². The van der Waals surface area contributed by atoms with Crippen molar-refractivity contribution < 1.29 is 15.3 Å². The number of rotatable bonds is 15. The van der Waals surface area contributed by atoms with Crippen molar-refractivity contribution in [1.29, 1.82) is 0 Å². The summed E-state index contributed by atoms with van der Waals surface area (Å²) in [4.78, 5) is 2.90. The van der Waals surface area contributed by atoms with E-state index in [1.165, 1.54) is 16.7 Å². The number of aromatic hydroxyl groups is 3. The Morgan fingerprint density at radius 1 is 0.361 bits per heavy atom. The van der Waals surface area contributed by atoms with Crippen molar-refractivity contribution in [3.8, 4) is 17.2 Å². The SMILES string of the molecule is CC(CCC(c1ccc(O)c(C(C)(C)C)c1)N(C(CCC(C)C(C)(C)C)c1ccc(O)c(C(C)(C)C)c1)C(CCC(C)C(C)(C)C)c1ccc(O)c(C(C)(C)C)c1)C(C)(C)C. The Bertz CT molecular complexity index is 1650. The van der Waals surface area contributed by atoms with Crippen LogP contribution in [-0.4, -0.2) is 20.2 Å². The quantitative estimate of drug-likeness (QED) is 0.143. The van der Waals surface area contributed by atoms with Crippen LogP contribution in [0.25, 0.3) is 0 Å². The van der Waals surface area contributed by atoms with Crippen LogP contribution in [-0.2, 0) is 16.2 Å². The smallest absolute Gasteiger partial charge is 0.119 e. The summed E-state index contributed by atoms with van der Waals surface area (Å²) in [7, 11) is 0. The molecule has 0 saturated heterocycles. The maximum Gasteiger partial charge on any atom is 0.119 e. The molecule has 0 aliphatic heterocycles. The molecule has 0 spiro atoms. The summed E-state index contributed by atoms with van der Waals surface area (Å²) < 4.78 is 0. The van der Waals surface area contributed by atoms with Crippen LogP contribution >= 0.6 is 0 Å². The molecule has 0 aliphatic carbocycles. The molecule has 0 amide bonds. The largest absolute Gasteiger partial charge is 0.508 e. The predicted molar refractivity (Wildman–Crippen MR) is 264 cm³/mol. The van der Waals surface area contributed by atoms with Crippen LogP contribution in [0.5, 0.6) is 17.2 Å². The van der Waals surface area contributed by atoms with Gasteiger partial charge in [0.15, 0.2) is 0 Å². The molecule has 0 heterocycles. The van der Waals surface area contributed by atoms with Crippen molar-refractivity contribution >= 4 is 0 Å². The molecule has 0 aromatic heterocycles. The molecule has 0 aliphatic rings. The first-order chi connectivity index (χ1) is 27.5. The Morgan fingerprint density at radius 2 is 0.574 bits per heavy atom. The number of hydrogen-bond acceptors (Lipinski definition) is 4. The highest BCUT2D eigenvalue weighted by Crippen LogP contribution is 2.50. The van der Waals surface area contributed by atoms with Crippen LogP contribution in [0.4, 0.5) is 0 Å². The summed E-state index contributed by atoms with van der Waals surface area (Å²) >= 11 is 0. The van der Waals surface area contributed by atoms with Gasteiger partial charge in [-0.1, -0.05) is 182 Å². The number of phenolic OH excluding ortho intramolecular Hbond substituents is 3. The van der Waals surface area contributed by atoms with Crippen molar-refractivity contribution in [3.63, 3.8) is 0 Å². The van der Waals surface area contributed by atoms with Crippen molar-refractivity contribution in [2.24, 2.45) is 34.0 Å². The van der Waals surface area contributed by atoms with Crippen molar-refractivity contribution in [2.45, 2.75) is 218 Å². The van der Waals surface area contributed by atoms with E-state index in [-0.39, 0.29) is 50.6 Å². The second-order valence-corrected chi connectivity index (χ2v) is 25.6. The number of benzene rings is 3. The summed E-state index contributed by atoms with van der Waals surface area (Å²) in [5.41, 5.74) is 6.25. The Hall–Kier alpha value is -2.98. The van der Waals surface area contributed by atoms with Gasteiger partial charge >= 0.3 is 0 Å². The monoisotopic (exact) mass is 840 g/mol. The molecular formula is C57H93NO3. The summed E-state index contributed by atoms with van der Waals surface area (Å²) in [6.07, 6.45) is 5.95. The third-order valence-corrected chi connectivity index (χ3v) is 14.8. The van der Waals surface area contributed by atoms with Crippen LogP contribution in [0.2, 0.25) is 0 Å². The van der Waals surface area contributed by atoms with Gasteiger partial charge in [-0.25, -0.2) is 0 Å². The van der Waals surface area contributed by atoms with Crippen LogP contribution in [0.3, 0.4) is 0 Å². The van der Waals surface area contributed by atoms with Gasteiger partial charge in [0.2, 0.25) is 0 Å². The number of phenols is 3. The van der Waals surface area contributed by atoms with Gasteiger partial charge in [0.25, 0.3) is 0 Å². The van der Waals surface area contributed by atoms with E-state index in [9.17, 15) is 15.3 Å². The molecule has 0 fully saturated rings. The average Bonchev–Trinajstić information content (AvgIpc) is 3.09. The Kier molecular flexibility index (Phi) is 16.7. The highest BCUT2D eigenvalue weighted by atomic mass is 16.3. The topological polar surface area (TPSA) is 63.9 Å². The van der Waals surface area contributed by atoms with E-state index in [1.54, 1.807) is 0 Å². The Labute approximate surface area is 376 Å². The normalized spacial score (nSPS) is 16.6. The molecule has 0 bridgehead atoms. The zero-order valence-electron chi connectivity index (χ0n) is 43.2. The van der Waals surface area contributed by atoms with Crippen LogP contribution < -0.4 is 0 Å². The molecule has 4 heteroatoms. The summed E-state index contributed by atoms with van der Waals surface area (Å²) in [5.74, 6) is 2.44. The summed E-state index contributed by atoms with van der Waals surface area (Å²) in [6.45, 7) is 48.3. The van der Waals surface area contributed by atoms with Gasteiger partial charge in [-0.3, -0.25) is 4.90 Å². The molecule has 0 radical (unpaired) electrons. The lowest BCUT2D eigenvalue weighted by Crippen LogP contribution is -2.38. The van der Waals surface area contributed by atoms with Crippen molar-refractivity contribution in [2.75, 3.05) is 0 Å². The molecule has 61 heavy (non-hydrogen) atoms. The lowest BCUT2D eigenvalue weighted by atomic mass is 9.75. The average molecular weight is 840 g/mol.